The highest BCUT2D eigenvalue weighted by molar-refractivity contribution is 4.96. The first-order chi connectivity index (χ1) is 9.37. The van der Waals surface area contributed by atoms with Gasteiger partial charge < -0.3 is 14.6 Å². The Labute approximate surface area is 117 Å². The molecular formula is C13H22F3N3O. The number of nitrogens with zero attached hydrogens (tertiary/aromatic N) is 2. The summed E-state index contributed by atoms with van der Waals surface area (Å²) in [7, 11) is 0. The molecule has 1 rings (SSSR count). The highest BCUT2D eigenvalue weighted by Gasteiger charge is 2.27. The van der Waals surface area contributed by atoms with Crippen molar-refractivity contribution < 1.29 is 17.9 Å². The van der Waals surface area contributed by atoms with Crippen molar-refractivity contribution in [1.82, 2.24) is 14.9 Å². The molecule has 0 aliphatic carbocycles. The van der Waals surface area contributed by atoms with Crippen molar-refractivity contribution in [2.75, 3.05) is 19.8 Å². The molecule has 1 N–H and O–H groups in total. The third-order valence-corrected chi connectivity index (χ3v) is 2.52. The Kier molecular flexibility index (Phi) is 7.01. The van der Waals surface area contributed by atoms with Crippen LogP contribution in [0, 0.1) is 5.92 Å². The molecular weight excluding hydrogens is 271 g/mol. The van der Waals surface area contributed by atoms with E-state index < -0.39 is 12.8 Å². The highest BCUT2D eigenvalue weighted by Crippen LogP contribution is 2.14. The molecule has 0 saturated heterocycles. The molecule has 1 aromatic rings. The molecule has 116 valence electrons. The number of aryl methyl sites for hydroxylation is 1. The normalized spacial score (nSPS) is 12.3. The van der Waals surface area contributed by atoms with Crippen LogP contribution in [-0.2, 0) is 17.8 Å². The number of alkyl halides is 3. The monoisotopic (exact) mass is 293 g/mol. The number of imidazole rings is 1. The molecule has 0 bridgehead atoms. The van der Waals surface area contributed by atoms with Crippen LogP contribution in [0.1, 0.15) is 26.0 Å². The summed E-state index contributed by atoms with van der Waals surface area (Å²) < 4.78 is 41.9. The minimum absolute atomic E-state index is 0.0959. The van der Waals surface area contributed by atoms with Gasteiger partial charge in [-0.25, -0.2) is 4.98 Å². The quantitative estimate of drug-likeness (QED) is 0.711. The number of halogens is 3. The summed E-state index contributed by atoms with van der Waals surface area (Å²) >= 11 is 0. The smallest absolute Gasteiger partial charge is 0.372 e. The van der Waals surface area contributed by atoms with Gasteiger partial charge in [0.15, 0.2) is 0 Å². The number of aromatic nitrogens is 2. The van der Waals surface area contributed by atoms with Gasteiger partial charge in [0.1, 0.15) is 6.61 Å². The third kappa shape index (κ3) is 8.16. The Morgan fingerprint density at radius 1 is 1.40 bits per heavy atom. The van der Waals surface area contributed by atoms with Crippen LogP contribution in [0.5, 0.6) is 0 Å². The van der Waals surface area contributed by atoms with Crippen LogP contribution in [0.4, 0.5) is 13.2 Å². The minimum Gasteiger partial charge on any atom is -0.372 e. The zero-order chi connectivity index (χ0) is 15.0. The molecule has 0 atom stereocenters. The Morgan fingerprint density at radius 3 is 2.80 bits per heavy atom. The second-order valence-corrected chi connectivity index (χ2v) is 5.15. The van der Waals surface area contributed by atoms with Crippen LogP contribution in [-0.4, -0.2) is 35.5 Å². The fraction of sp³-hybridized carbons (Fsp3) is 0.769. The Hall–Kier alpha value is -1.08. The maximum atomic E-state index is 11.8. The predicted molar refractivity (Wildman–Crippen MR) is 70.3 cm³/mol. The first-order valence-corrected chi connectivity index (χ1v) is 6.72. The summed E-state index contributed by atoms with van der Waals surface area (Å²) in [5, 5.41) is 3.28. The van der Waals surface area contributed by atoms with E-state index in [1.807, 2.05) is 10.8 Å². The molecule has 4 nitrogen and oxygen atoms in total. The van der Waals surface area contributed by atoms with Crippen molar-refractivity contribution >= 4 is 0 Å². The molecule has 7 heteroatoms. The Bertz CT molecular complexity index is 377. The molecule has 0 saturated carbocycles. The van der Waals surface area contributed by atoms with E-state index in [0.717, 1.165) is 12.2 Å². The average Bonchev–Trinajstić information content (AvgIpc) is 2.74. The Balaban J connectivity index is 2.14. The van der Waals surface area contributed by atoms with E-state index in [9.17, 15) is 13.2 Å². The number of nitrogens with one attached hydrogen (secondary N) is 1. The SMILES string of the molecule is CC(C)CNCc1cn(CCCOCC(F)(F)F)cn1. The molecule has 0 aliphatic rings. The first kappa shape index (κ1) is 17.0. The standard InChI is InChI=1S/C13H22F3N3O/c1-11(2)6-17-7-12-8-19(10-18-12)4-3-5-20-9-13(14,15)16/h8,10-11,17H,3-7,9H2,1-2H3. The van der Waals surface area contributed by atoms with Crippen molar-refractivity contribution in [3.63, 3.8) is 0 Å². The van der Waals surface area contributed by atoms with Gasteiger partial charge in [-0.2, -0.15) is 13.2 Å². The van der Waals surface area contributed by atoms with E-state index in [1.54, 1.807) is 6.33 Å². The van der Waals surface area contributed by atoms with Gasteiger partial charge in [0, 0.05) is 25.9 Å². The summed E-state index contributed by atoms with van der Waals surface area (Å²) in [5.41, 5.74) is 0.932. The van der Waals surface area contributed by atoms with Crippen LogP contribution in [0.3, 0.4) is 0 Å². The molecule has 0 aromatic carbocycles. The van der Waals surface area contributed by atoms with Crippen LogP contribution in [0.2, 0.25) is 0 Å². The maximum Gasteiger partial charge on any atom is 0.411 e. The zero-order valence-electron chi connectivity index (χ0n) is 11.9. The van der Waals surface area contributed by atoms with Crippen LogP contribution >= 0.6 is 0 Å². The summed E-state index contributed by atoms with van der Waals surface area (Å²) in [6.45, 7) is 5.42. The van der Waals surface area contributed by atoms with E-state index in [-0.39, 0.29) is 6.61 Å². The molecule has 1 aromatic heterocycles. The van der Waals surface area contributed by atoms with Crippen molar-refractivity contribution in [3.05, 3.63) is 18.2 Å². The molecule has 20 heavy (non-hydrogen) atoms. The third-order valence-electron chi connectivity index (χ3n) is 2.52. The molecule has 0 unspecified atom stereocenters. The van der Waals surface area contributed by atoms with Gasteiger partial charge in [0.05, 0.1) is 12.0 Å². The molecule has 0 fully saturated rings. The lowest BCUT2D eigenvalue weighted by Crippen LogP contribution is -2.19. The fourth-order valence-corrected chi connectivity index (χ4v) is 1.65. The van der Waals surface area contributed by atoms with E-state index in [1.165, 1.54) is 0 Å². The molecule has 0 aliphatic heterocycles. The lowest BCUT2D eigenvalue weighted by atomic mass is 10.2. The van der Waals surface area contributed by atoms with Gasteiger partial charge in [0.25, 0.3) is 0 Å². The van der Waals surface area contributed by atoms with Gasteiger partial charge in [-0.1, -0.05) is 13.8 Å². The first-order valence-electron chi connectivity index (χ1n) is 6.72. The van der Waals surface area contributed by atoms with E-state index >= 15 is 0 Å². The highest BCUT2D eigenvalue weighted by atomic mass is 19.4. The van der Waals surface area contributed by atoms with E-state index in [2.05, 4.69) is 28.9 Å². The van der Waals surface area contributed by atoms with Gasteiger partial charge in [-0.15, -0.1) is 0 Å². The zero-order valence-corrected chi connectivity index (χ0v) is 11.9. The van der Waals surface area contributed by atoms with Crippen molar-refractivity contribution in [1.29, 1.82) is 0 Å². The van der Waals surface area contributed by atoms with E-state index in [4.69, 9.17) is 0 Å². The second-order valence-electron chi connectivity index (χ2n) is 5.15. The van der Waals surface area contributed by atoms with Crippen LogP contribution in [0.15, 0.2) is 12.5 Å². The van der Waals surface area contributed by atoms with Crippen molar-refractivity contribution in [2.24, 2.45) is 5.92 Å². The summed E-state index contributed by atoms with van der Waals surface area (Å²) in [4.78, 5) is 4.23. The molecule has 0 amide bonds. The molecule has 0 radical (unpaired) electrons. The Morgan fingerprint density at radius 2 is 2.15 bits per heavy atom. The summed E-state index contributed by atoms with van der Waals surface area (Å²) in [5.74, 6) is 0.586. The van der Waals surface area contributed by atoms with E-state index in [0.29, 0.717) is 25.4 Å². The number of hydrogen-bond acceptors (Lipinski definition) is 3. The average molecular weight is 293 g/mol. The van der Waals surface area contributed by atoms with Crippen molar-refractivity contribution in [3.8, 4) is 0 Å². The van der Waals surface area contributed by atoms with Gasteiger partial charge in [0.2, 0.25) is 0 Å². The van der Waals surface area contributed by atoms with Crippen LogP contribution in [0.25, 0.3) is 0 Å². The fourth-order valence-electron chi connectivity index (χ4n) is 1.65. The number of ether oxygens (including phenoxy) is 1. The topological polar surface area (TPSA) is 39.1 Å². The molecule has 1 heterocycles. The predicted octanol–water partition coefficient (Wildman–Crippen LogP) is 2.60. The lowest BCUT2D eigenvalue weighted by molar-refractivity contribution is -0.174. The summed E-state index contributed by atoms with van der Waals surface area (Å²) in [6.07, 6.45) is -0.122. The van der Waals surface area contributed by atoms with Crippen LogP contribution < -0.4 is 5.32 Å². The lowest BCUT2D eigenvalue weighted by Gasteiger charge is -2.07. The molecule has 0 spiro atoms. The number of hydrogen-bond donors (Lipinski definition) is 1. The van der Waals surface area contributed by atoms with Gasteiger partial charge in [-0.3, -0.25) is 0 Å². The number of rotatable bonds is 9. The summed E-state index contributed by atoms with van der Waals surface area (Å²) in [6, 6.07) is 0. The van der Waals surface area contributed by atoms with Gasteiger partial charge in [-0.05, 0) is 18.9 Å². The van der Waals surface area contributed by atoms with Crippen molar-refractivity contribution in [2.45, 2.75) is 39.5 Å². The van der Waals surface area contributed by atoms with Gasteiger partial charge >= 0.3 is 6.18 Å². The minimum atomic E-state index is -4.25. The largest absolute Gasteiger partial charge is 0.411 e. The second kappa shape index (κ2) is 8.26. The maximum absolute atomic E-state index is 11.8.